The number of rotatable bonds is 3. The summed E-state index contributed by atoms with van der Waals surface area (Å²) in [7, 11) is 1.71. The Labute approximate surface area is 157 Å². The van der Waals surface area contributed by atoms with Crippen LogP contribution in [0.25, 0.3) is 5.69 Å². The lowest BCUT2D eigenvalue weighted by molar-refractivity contribution is -0.137. The maximum atomic E-state index is 12.8. The molecule has 3 aromatic rings. The molecule has 1 amide bonds. The summed E-state index contributed by atoms with van der Waals surface area (Å²) in [5, 5.41) is 11.2. The van der Waals surface area contributed by atoms with Gasteiger partial charge in [0.15, 0.2) is 0 Å². The third-order valence-corrected chi connectivity index (χ3v) is 4.49. The first-order chi connectivity index (χ1) is 13.3. The lowest BCUT2D eigenvalue weighted by Crippen LogP contribution is -2.34. The highest BCUT2D eigenvalue weighted by Gasteiger charge is 2.31. The second kappa shape index (κ2) is 6.79. The van der Waals surface area contributed by atoms with Crippen molar-refractivity contribution >= 4 is 5.91 Å². The van der Waals surface area contributed by atoms with E-state index in [0.29, 0.717) is 11.4 Å². The van der Waals surface area contributed by atoms with Gasteiger partial charge in [0, 0.05) is 18.8 Å². The Hall–Kier alpha value is -3.14. The van der Waals surface area contributed by atoms with Crippen molar-refractivity contribution in [1.29, 1.82) is 0 Å². The fraction of sp³-hybridized carbons (Fsp3) is 0.278. The summed E-state index contributed by atoms with van der Waals surface area (Å²) < 4.78 is 46.9. The molecule has 28 heavy (non-hydrogen) atoms. The number of halogens is 3. The number of aryl methyl sites for hydroxylation is 1. The van der Waals surface area contributed by atoms with Crippen LogP contribution in [0.2, 0.25) is 0 Å². The van der Waals surface area contributed by atoms with Crippen molar-refractivity contribution < 1.29 is 22.7 Å². The molecule has 0 unspecified atom stereocenters. The van der Waals surface area contributed by atoms with Gasteiger partial charge in [0.25, 0.3) is 5.91 Å². The standard InChI is InChI=1S/C18H16F3N5O2/c1-25-7-6-14(24-25)17(27)23-15-9-28-10-16-13(15)8-22-26(16)12-4-2-11(3-5-12)18(19,20)21/h2-8,15H,9-10H2,1H3,(H,23,27)/t15-/m1/s1. The summed E-state index contributed by atoms with van der Waals surface area (Å²) in [6.07, 6.45) is -1.13. The van der Waals surface area contributed by atoms with Gasteiger partial charge in [0.2, 0.25) is 0 Å². The van der Waals surface area contributed by atoms with E-state index in [9.17, 15) is 18.0 Å². The molecule has 3 heterocycles. The van der Waals surface area contributed by atoms with E-state index in [2.05, 4.69) is 15.5 Å². The zero-order chi connectivity index (χ0) is 19.9. The van der Waals surface area contributed by atoms with Gasteiger partial charge in [0.05, 0.1) is 42.4 Å². The monoisotopic (exact) mass is 391 g/mol. The summed E-state index contributed by atoms with van der Waals surface area (Å²) in [5.74, 6) is -0.343. The molecule has 1 aliphatic rings. The van der Waals surface area contributed by atoms with Crippen molar-refractivity contribution in [3.63, 3.8) is 0 Å². The number of fused-ring (bicyclic) bond motifs is 1. The highest BCUT2D eigenvalue weighted by Crippen LogP contribution is 2.31. The Balaban J connectivity index is 1.58. The van der Waals surface area contributed by atoms with Gasteiger partial charge < -0.3 is 10.1 Å². The van der Waals surface area contributed by atoms with Crippen LogP contribution in [0.4, 0.5) is 13.2 Å². The predicted molar refractivity (Wildman–Crippen MR) is 91.6 cm³/mol. The van der Waals surface area contributed by atoms with E-state index in [0.717, 1.165) is 17.7 Å². The SMILES string of the molecule is Cn1ccc(C(=O)N[C@@H]2COCc3c2cnn3-c2ccc(C(F)(F)F)cc2)n1. The van der Waals surface area contributed by atoms with Crippen molar-refractivity contribution in [3.05, 3.63) is 65.2 Å². The third-order valence-electron chi connectivity index (χ3n) is 4.49. The van der Waals surface area contributed by atoms with Crippen LogP contribution in [-0.4, -0.2) is 32.1 Å². The molecule has 0 spiro atoms. The largest absolute Gasteiger partial charge is 0.416 e. The molecule has 0 fully saturated rings. The number of nitrogens with one attached hydrogen (secondary N) is 1. The smallest absolute Gasteiger partial charge is 0.373 e. The van der Waals surface area contributed by atoms with Gasteiger partial charge in [-0.05, 0) is 30.3 Å². The Morgan fingerprint density at radius 1 is 1.25 bits per heavy atom. The first-order valence-electron chi connectivity index (χ1n) is 8.45. The number of alkyl halides is 3. The van der Waals surface area contributed by atoms with Crippen LogP contribution in [0.5, 0.6) is 0 Å². The fourth-order valence-corrected chi connectivity index (χ4v) is 3.09. The van der Waals surface area contributed by atoms with Crippen LogP contribution in [-0.2, 0) is 24.6 Å². The number of amides is 1. The number of nitrogens with zero attached hydrogens (tertiary/aromatic N) is 4. The number of carbonyl (C=O) groups is 1. The lowest BCUT2D eigenvalue weighted by Gasteiger charge is -2.24. The minimum absolute atomic E-state index is 0.242. The van der Waals surface area contributed by atoms with E-state index >= 15 is 0 Å². The highest BCUT2D eigenvalue weighted by atomic mass is 19.4. The molecule has 1 N–H and O–H groups in total. The third kappa shape index (κ3) is 3.38. The molecule has 2 aromatic heterocycles. The van der Waals surface area contributed by atoms with Gasteiger partial charge in [0.1, 0.15) is 5.69 Å². The Morgan fingerprint density at radius 3 is 2.64 bits per heavy atom. The first-order valence-corrected chi connectivity index (χ1v) is 8.45. The molecule has 0 saturated carbocycles. The molecule has 1 aliphatic heterocycles. The Morgan fingerprint density at radius 2 is 2.00 bits per heavy atom. The number of aromatic nitrogens is 4. The summed E-state index contributed by atoms with van der Waals surface area (Å²) in [4.78, 5) is 12.4. The minimum Gasteiger partial charge on any atom is -0.373 e. The van der Waals surface area contributed by atoms with Crippen LogP contribution < -0.4 is 5.32 Å². The fourth-order valence-electron chi connectivity index (χ4n) is 3.09. The second-order valence-electron chi connectivity index (χ2n) is 6.42. The molecule has 0 aliphatic carbocycles. The zero-order valence-electron chi connectivity index (χ0n) is 14.8. The van der Waals surface area contributed by atoms with Crippen LogP contribution in [0.3, 0.4) is 0 Å². The van der Waals surface area contributed by atoms with Gasteiger partial charge in [-0.3, -0.25) is 9.48 Å². The summed E-state index contributed by atoms with van der Waals surface area (Å²) in [6, 6.07) is 5.89. The highest BCUT2D eigenvalue weighted by molar-refractivity contribution is 5.92. The molecule has 4 rings (SSSR count). The number of benzene rings is 1. The molecule has 0 radical (unpaired) electrons. The molecule has 7 nitrogen and oxygen atoms in total. The van der Waals surface area contributed by atoms with Crippen LogP contribution >= 0.6 is 0 Å². The molecule has 1 atom stereocenters. The van der Waals surface area contributed by atoms with Crippen LogP contribution in [0.1, 0.15) is 33.4 Å². The topological polar surface area (TPSA) is 74.0 Å². The van der Waals surface area contributed by atoms with Gasteiger partial charge in [-0.25, -0.2) is 4.68 Å². The minimum atomic E-state index is -4.40. The van der Waals surface area contributed by atoms with E-state index in [1.54, 1.807) is 25.5 Å². The first kappa shape index (κ1) is 18.2. The normalized spacial score (nSPS) is 16.6. The number of ether oxygens (including phenoxy) is 1. The number of hydrogen-bond acceptors (Lipinski definition) is 4. The molecule has 0 saturated heterocycles. The Kier molecular flexibility index (Phi) is 4.42. The molecule has 1 aromatic carbocycles. The maximum absolute atomic E-state index is 12.8. The van der Waals surface area contributed by atoms with Crippen molar-refractivity contribution in [2.45, 2.75) is 18.8 Å². The van der Waals surface area contributed by atoms with E-state index in [1.165, 1.54) is 21.5 Å². The van der Waals surface area contributed by atoms with Crippen molar-refractivity contribution in [3.8, 4) is 5.69 Å². The average Bonchev–Trinajstić information content (AvgIpc) is 3.28. The average molecular weight is 391 g/mol. The Bertz CT molecular complexity index is 1010. The van der Waals surface area contributed by atoms with Crippen LogP contribution in [0, 0.1) is 0 Å². The van der Waals surface area contributed by atoms with E-state index in [1.807, 2.05) is 0 Å². The molecular formula is C18H16F3N5O2. The van der Waals surface area contributed by atoms with Crippen molar-refractivity contribution in [2.75, 3.05) is 6.61 Å². The van der Waals surface area contributed by atoms with E-state index < -0.39 is 17.8 Å². The van der Waals surface area contributed by atoms with Crippen molar-refractivity contribution in [1.82, 2.24) is 24.9 Å². The van der Waals surface area contributed by atoms with Crippen LogP contribution in [0.15, 0.2) is 42.7 Å². The molecular weight excluding hydrogens is 375 g/mol. The predicted octanol–water partition coefficient (Wildman–Crippen LogP) is 2.63. The summed E-state index contributed by atoms with van der Waals surface area (Å²) in [6.45, 7) is 0.511. The molecule has 0 bridgehead atoms. The van der Waals surface area contributed by atoms with Gasteiger partial charge >= 0.3 is 6.18 Å². The zero-order valence-corrected chi connectivity index (χ0v) is 14.8. The van der Waals surface area contributed by atoms with Gasteiger partial charge in [-0.2, -0.15) is 23.4 Å². The molecule has 146 valence electrons. The quantitative estimate of drug-likeness (QED) is 0.745. The van der Waals surface area contributed by atoms with Crippen molar-refractivity contribution in [2.24, 2.45) is 7.05 Å². The molecule has 10 heteroatoms. The van der Waals surface area contributed by atoms with E-state index in [4.69, 9.17) is 4.74 Å². The van der Waals surface area contributed by atoms with E-state index in [-0.39, 0.29) is 24.8 Å². The number of carbonyl (C=O) groups excluding carboxylic acids is 1. The number of hydrogen-bond donors (Lipinski definition) is 1. The lowest BCUT2D eigenvalue weighted by atomic mass is 10.1. The summed E-state index contributed by atoms with van der Waals surface area (Å²) >= 11 is 0. The maximum Gasteiger partial charge on any atom is 0.416 e. The van der Waals surface area contributed by atoms with Gasteiger partial charge in [-0.15, -0.1) is 0 Å². The van der Waals surface area contributed by atoms with Gasteiger partial charge in [-0.1, -0.05) is 0 Å². The second-order valence-corrected chi connectivity index (χ2v) is 6.42. The summed E-state index contributed by atoms with van der Waals surface area (Å²) in [5.41, 5.74) is 1.47.